The number of aromatic amines is 1. The number of carbonyl (C=O) groups excluding carboxylic acids is 2. The van der Waals surface area contributed by atoms with Crippen molar-refractivity contribution in [1.82, 2.24) is 40.6 Å². The Bertz CT molecular complexity index is 1050. The third kappa shape index (κ3) is 3.90. The number of carboxylic acid groups (broad SMARTS) is 1. The molecule has 0 bridgehead atoms. The first-order valence-corrected chi connectivity index (χ1v) is 10.9. The van der Waals surface area contributed by atoms with Gasteiger partial charge in [-0.15, -0.1) is 16.9 Å². The molecule has 13 nitrogen and oxygen atoms in total. The van der Waals surface area contributed by atoms with Gasteiger partial charge in [-0.05, 0) is 27.3 Å². The normalized spacial score (nSPS) is 21.0. The molecule has 1 fully saturated rings. The van der Waals surface area contributed by atoms with E-state index in [1.54, 1.807) is 0 Å². The zero-order chi connectivity index (χ0) is 20.5. The minimum Gasteiger partial charge on any atom is -0.477 e. The molecule has 2 amide bonds. The third-order valence-electron chi connectivity index (χ3n) is 4.05. The van der Waals surface area contributed by atoms with Crippen molar-refractivity contribution in [2.45, 2.75) is 22.3 Å². The molecular formula is C13H12N8O5S3. The fourth-order valence-electron chi connectivity index (χ4n) is 2.84. The number of H-pyrrole nitrogens is 1. The fraction of sp³-hybridized carbons (Fsp3) is 0.385. The van der Waals surface area contributed by atoms with Crippen LogP contribution in [0, 0.1) is 0 Å². The van der Waals surface area contributed by atoms with Crippen LogP contribution in [-0.2, 0) is 20.9 Å². The number of thioether (sulfide) groups is 2. The van der Waals surface area contributed by atoms with Gasteiger partial charge >= 0.3 is 10.8 Å². The smallest absolute Gasteiger partial charge is 0.352 e. The number of hydrogen-bond donors (Lipinski definition) is 3. The largest absolute Gasteiger partial charge is 0.477 e. The van der Waals surface area contributed by atoms with Gasteiger partial charge in [0.25, 0.3) is 5.91 Å². The number of carbonyl (C=O) groups is 3. The Labute approximate surface area is 173 Å². The summed E-state index contributed by atoms with van der Waals surface area (Å²) < 4.78 is 1.70. The van der Waals surface area contributed by atoms with Gasteiger partial charge in [-0.3, -0.25) is 19.3 Å². The van der Waals surface area contributed by atoms with E-state index in [0.29, 0.717) is 15.7 Å². The summed E-state index contributed by atoms with van der Waals surface area (Å²) in [5, 5.41) is 28.3. The number of rotatable bonds is 7. The van der Waals surface area contributed by atoms with Gasteiger partial charge in [-0.1, -0.05) is 11.8 Å². The Balaban J connectivity index is 1.44. The van der Waals surface area contributed by atoms with Gasteiger partial charge in [0, 0.05) is 11.5 Å². The highest BCUT2D eigenvalue weighted by molar-refractivity contribution is 8.01. The number of carboxylic acids is 1. The van der Waals surface area contributed by atoms with Crippen LogP contribution in [-0.4, -0.2) is 81.1 Å². The van der Waals surface area contributed by atoms with Crippen LogP contribution in [0.5, 0.6) is 0 Å². The van der Waals surface area contributed by atoms with Gasteiger partial charge in [-0.2, -0.15) is 5.10 Å². The minimum atomic E-state index is -1.21. The van der Waals surface area contributed by atoms with Crippen molar-refractivity contribution in [3.8, 4) is 0 Å². The van der Waals surface area contributed by atoms with Crippen LogP contribution in [0.4, 0.5) is 0 Å². The standard InChI is InChI=1S/C13H12N8O5S3/c22-6(1-20-4-14-18-19-20)15-7-9(23)21-8(11(24)25)5(2-27-10(7)21)3-28-13-17-16-12(26)29-13/h4,7,10H,1-3H2,(H,15,22)(H,16,26)(H,24,25)/t7-,10-/m0/s1. The topological polar surface area (TPSA) is 176 Å². The lowest BCUT2D eigenvalue weighted by molar-refractivity contribution is -0.150. The van der Waals surface area contributed by atoms with Crippen molar-refractivity contribution >= 4 is 52.6 Å². The molecule has 29 heavy (non-hydrogen) atoms. The zero-order valence-electron chi connectivity index (χ0n) is 14.3. The second-order valence-electron chi connectivity index (χ2n) is 5.89. The quantitative estimate of drug-likeness (QED) is 0.321. The van der Waals surface area contributed by atoms with Gasteiger partial charge in [0.15, 0.2) is 4.34 Å². The van der Waals surface area contributed by atoms with Crippen LogP contribution in [0.2, 0.25) is 0 Å². The van der Waals surface area contributed by atoms with Crippen LogP contribution in [0.3, 0.4) is 0 Å². The Morgan fingerprint density at radius 1 is 1.41 bits per heavy atom. The fourth-order valence-corrected chi connectivity index (χ4v) is 5.94. The lowest BCUT2D eigenvalue weighted by atomic mass is 10.0. The van der Waals surface area contributed by atoms with Crippen LogP contribution in [0.15, 0.2) is 26.7 Å². The highest BCUT2D eigenvalue weighted by atomic mass is 32.2. The number of aromatic nitrogens is 6. The van der Waals surface area contributed by atoms with E-state index in [4.69, 9.17) is 0 Å². The van der Waals surface area contributed by atoms with Gasteiger partial charge < -0.3 is 10.4 Å². The molecule has 0 unspecified atom stereocenters. The summed E-state index contributed by atoms with van der Waals surface area (Å²) in [5.41, 5.74) is 0.471. The number of aliphatic carboxylic acids is 1. The number of amides is 2. The Morgan fingerprint density at radius 2 is 2.24 bits per heavy atom. The molecule has 0 aromatic carbocycles. The number of nitrogens with zero attached hydrogens (tertiary/aromatic N) is 6. The van der Waals surface area contributed by atoms with Gasteiger partial charge in [-0.25, -0.2) is 14.6 Å². The summed E-state index contributed by atoms with van der Waals surface area (Å²) in [5.74, 6) is -1.50. The highest BCUT2D eigenvalue weighted by Crippen LogP contribution is 2.41. The molecular weight excluding hydrogens is 444 g/mol. The Morgan fingerprint density at radius 3 is 2.90 bits per heavy atom. The van der Waals surface area contributed by atoms with E-state index >= 15 is 0 Å². The molecule has 4 heterocycles. The van der Waals surface area contributed by atoms with Crippen molar-refractivity contribution in [2.24, 2.45) is 0 Å². The molecule has 2 atom stereocenters. The first kappa shape index (κ1) is 19.6. The molecule has 4 rings (SSSR count). The molecule has 2 aliphatic heterocycles. The molecule has 1 saturated heterocycles. The summed E-state index contributed by atoms with van der Waals surface area (Å²) in [6, 6.07) is -0.816. The maximum Gasteiger partial charge on any atom is 0.352 e. The highest BCUT2D eigenvalue weighted by Gasteiger charge is 2.54. The number of fused-ring (bicyclic) bond motifs is 1. The maximum absolute atomic E-state index is 12.6. The summed E-state index contributed by atoms with van der Waals surface area (Å²) in [6.07, 6.45) is 1.27. The van der Waals surface area contributed by atoms with Crippen molar-refractivity contribution in [3.05, 3.63) is 27.3 Å². The molecule has 2 aliphatic rings. The van der Waals surface area contributed by atoms with Gasteiger partial charge in [0.05, 0.1) is 0 Å². The number of tetrazole rings is 1. The summed E-state index contributed by atoms with van der Waals surface area (Å²) in [4.78, 5) is 48.5. The van der Waals surface area contributed by atoms with E-state index in [1.807, 2.05) is 0 Å². The molecule has 0 radical (unpaired) electrons. The van der Waals surface area contributed by atoms with Crippen molar-refractivity contribution in [2.75, 3.05) is 11.5 Å². The Kier molecular flexibility index (Phi) is 5.37. The summed E-state index contributed by atoms with van der Waals surface area (Å²) in [6.45, 7) is -0.149. The maximum atomic E-state index is 12.6. The molecule has 0 spiro atoms. The molecule has 0 saturated carbocycles. The SMILES string of the molecule is O=C(Cn1cnnn1)N[C@H]1C(=O)N2C(C(=O)O)=C(CSc3n[nH]c(=O)s3)CS[C@@H]12. The van der Waals surface area contributed by atoms with Gasteiger partial charge in [0.1, 0.15) is 30.0 Å². The number of β-lactam (4-membered cyclic amide) rings is 1. The molecule has 2 aromatic heterocycles. The van der Waals surface area contributed by atoms with Crippen LogP contribution in [0.1, 0.15) is 0 Å². The zero-order valence-corrected chi connectivity index (χ0v) is 16.8. The number of nitrogens with one attached hydrogen (secondary N) is 2. The average molecular weight is 456 g/mol. The molecule has 2 aromatic rings. The first-order valence-electron chi connectivity index (χ1n) is 8.02. The monoisotopic (exact) mass is 456 g/mol. The second kappa shape index (κ2) is 7.96. The molecule has 16 heteroatoms. The van der Waals surface area contributed by atoms with E-state index in [0.717, 1.165) is 11.3 Å². The van der Waals surface area contributed by atoms with Crippen LogP contribution >= 0.6 is 34.9 Å². The van der Waals surface area contributed by atoms with E-state index in [2.05, 4.69) is 31.0 Å². The second-order valence-corrected chi connectivity index (χ2v) is 9.18. The van der Waals surface area contributed by atoms with Crippen LogP contribution in [0.25, 0.3) is 0 Å². The van der Waals surface area contributed by atoms with E-state index in [9.17, 15) is 24.3 Å². The van der Waals surface area contributed by atoms with Gasteiger partial charge in [0.2, 0.25) is 5.91 Å². The van der Waals surface area contributed by atoms with Crippen LogP contribution < -0.4 is 10.2 Å². The summed E-state index contributed by atoms with van der Waals surface area (Å²) in [7, 11) is 0. The molecule has 152 valence electrons. The van der Waals surface area contributed by atoms with E-state index in [1.165, 1.54) is 39.4 Å². The lowest BCUT2D eigenvalue weighted by Crippen LogP contribution is -2.70. The van der Waals surface area contributed by atoms with Crippen molar-refractivity contribution in [1.29, 1.82) is 0 Å². The molecule has 0 aliphatic carbocycles. The Hall–Kier alpha value is -2.72. The number of hydrogen-bond acceptors (Lipinski definition) is 11. The summed E-state index contributed by atoms with van der Waals surface area (Å²) >= 11 is 3.52. The van der Waals surface area contributed by atoms with E-state index < -0.39 is 29.2 Å². The predicted octanol–water partition coefficient (Wildman–Crippen LogP) is -1.65. The third-order valence-corrected chi connectivity index (χ3v) is 7.37. The van der Waals surface area contributed by atoms with Crippen molar-refractivity contribution < 1.29 is 19.5 Å². The first-order chi connectivity index (χ1) is 13.9. The lowest BCUT2D eigenvalue weighted by Gasteiger charge is -2.49. The predicted molar refractivity (Wildman–Crippen MR) is 101 cm³/mol. The molecule has 3 N–H and O–H groups in total. The minimum absolute atomic E-state index is 0.0832. The van der Waals surface area contributed by atoms with E-state index in [-0.39, 0.29) is 22.9 Å². The van der Waals surface area contributed by atoms with Crippen molar-refractivity contribution in [3.63, 3.8) is 0 Å². The average Bonchev–Trinajstić information content (AvgIpc) is 3.35.